The van der Waals surface area contributed by atoms with Gasteiger partial charge in [-0.3, -0.25) is 4.79 Å². The summed E-state index contributed by atoms with van der Waals surface area (Å²) in [7, 11) is 0. The van der Waals surface area contributed by atoms with Crippen molar-refractivity contribution >= 4 is 11.9 Å². The lowest BCUT2D eigenvalue weighted by Gasteiger charge is -2.38. The minimum absolute atomic E-state index is 0.0503. The Labute approximate surface area is 286 Å². The fourth-order valence-corrected chi connectivity index (χ4v) is 8.75. The van der Waals surface area contributed by atoms with Crippen molar-refractivity contribution in [1.82, 2.24) is 0 Å². The number of rotatable bonds is 16. The highest BCUT2D eigenvalue weighted by atomic mass is 16.5. The molecule has 0 aliphatic heterocycles. The number of esters is 2. The monoisotopic (exact) mass is 650 g/mol. The van der Waals surface area contributed by atoms with Crippen LogP contribution in [0.4, 0.5) is 0 Å². The van der Waals surface area contributed by atoms with Crippen LogP contribution in [-0.2, 0) is 19.1 Å². The molecule has 0 amide bonds. The molecule has 3 saturated carbocycles. The van der Waals surface area contributed by atoms with Crippen LogP contribution < -0.4 is 0 Å². The van der Waals surface area contributed by atoms with Crippen LogP contribution in [0.3, 0.4) is 0 Å². The highest BCUT2D eigenvalue weighted by Crippen LogP contribution is 2.45. The first-order valence-corrected chi connectivity index (χ1v) is 19.3. The fourth-order valence-electron chi connectivity index (χ4n) is 8.75. The molecule has 5 nitrogen and oxygen atoms in total. The zero-order chi connectivity index (χ0) is 33.8. The molecule has 0 bridgehead atoms. The van der Waals surface area contributed by atoms with Gasteiger partial charge in [-0.25, -0.2) is 4.79 Å². The van der Waals surface area contributed by atoms with Crippen molar-refractivity contribution < 1.29 is 24.2 Å². The lowest BCUT2D eigenvalue weighted by Crippen LogP contribution is -2.33. The maximum atomic E-state index is 12.5. The van der Waals surface area contributed by atoms with E-state index in [0.29, 0.717) is 17.4 Å². The van der Waals surface area contributed by atoms with Gasteiger partial charge in [0, 0.05) is 11.5 Å². The van der Waals surface area contributed by atoms with Gasteiger partial charge in [0.1, 0.15) is 0 Å². The SMILES string of the molecule is C=C(C)C(=O)OCC(COC(=O)C(C)(C)CO)CC1CCC(C2CCC(c3ccc(C4CCC(CCCCC)CC4)cc3)CC2)CC1. The third-order valence-electron chi connectivity index (χ3n) is 12.1. The number of carbonyl (C=O) groups excluding carboxylic acids is 2. The third-order valence-corrected chi connectivity index (χ3v) is 12.1. The molecule has 1 unspecified atom stereocenters. The molecule has 0 saturated heterocycles. The Morgan fingerprint density at radius 3 is 1.79 bits per heavy atom. The molecule has 1 aromatic rings. The van der Waals surface area contributed by atoms with Gasteiger partial charge < -0.3 is 14.6 Å². The molecular weight excluding hydrogens is 584 g/mol. The van der Waals surface area contributed by atoms with Crippen LogP contribution >= 0.6 is 0 Å². The van der Waals surface area contributed by atoms with Gasteiger partial charge in [0.25, 0.3) is 0 Å². The van der Waals surface area contributed by atoms with Crippen molar-refractivity contribution in [1.29, 1.82) is 0 Å². The number of benzene rings is 1. The van der Waals surface area contributed by atoms with E-state index in [0.717, 1.165) is 30.1 Å². The third kappa shape index (κ3) is 11.5. The molecule has 1 atom stereocenters. The van der Waals surface area contributed by atoms with E-state index in [4.69, 9.17) is 9.47 Å². The van der Waals surface area contributed by atoms with Crippen molar-refractivity contribution in [3.8, 4) is 0 Å². The number of hydrogen-bond acceptors (Lipinski definition) is 5. The van der Waals surface area contributed by atoms with E-state index in [1.54, 1.807) is 31.9 Å². The first kappa shape index (κ1) is 37.7. The minimum Gasteiger partial charge on any atom is -0.465 e. The van der Waals surface area contributed by atoms with Crippen molar-refractivity contribution in [3.63, 3.8) is 0 Å². The number of aliphatic hydroxyl groups is 1. The molecule has 3 fully saturated rings. The molecule has 3 aliphatic rings. The molecule has 47 heavy (non-hydrogen) atoms. The van der Waals surface area contributed by atoms with Crippen molar-refractivity contribution in [2.24, 2.45) is 35.0 Å². The largest absolute Gasteiger partial charge is 0.465 e. The zero-order valence-corrected chi connectivity index (χ0v) is 30.3. The Morgan fingerprint density at radius 2 is 1.28 bits per heavy atom. The standard InChI is InChI=1S/C42H66O5/c1-6-7-8-9-31-10-14-34(15-11-31)36-18-22-38(23-19-36)39-24-20-37(21-25-39)35-16-12-32(13-17-35)26-33(27-46-40(44)30(2)3)28-47-41(45)42(4,5)29-43/h18-19,22-23,31-35,37,39,43H,2,6-17,20-21,24-29H2,1,3-5H3. The molecule has 0 aromatic heterocycles. The van der Waals surface area contributed by atoms with Crippen LogP contribution in [-0.4, -0.2) is 36.9 Å². The van der Waals surface area contributed by atoms with Gasteiger partial charge in [0.05, 0.1) is 25.2 Å². The average molecular weight is 651 g/mol. The minimum atomic E-state index is -0.938. The van der Waals surface area contributed by atoms with Gasteiger partial charge in [0.15, 0.2) is 0 Å². The molecule has 4 rings (SSSR count). The summed E-state index contributed by atoms with van der Waals surface area (Å²) in [5, 5.41) is 9.54. The maximum Gasteiger partial charge on any atom is 0.333 e. The van der Waals surface area contributed by atoms with Crippen LogP contribution in [0.25, 0.3) is 0 Å². The average Bonchev–Trinajstić information content (AvgIpc) is 3.10. The van der Waals surface area contributed by atoms with Crippen molar-refractivity contribution in [2.75, 3.05) is 19.8 Å². The first-order chi connectivity index (χ1) is 22.6. The Bertz CT molecular complexity index is 1100. The van der Waals surface area contributed by atoms with E-state index in [2.05, 4.69) is 37.8 Å². The number of unbranched alkanes of at least 4 members (excludes halogenated alkanes) is 2. The molecule has 5 heteroatoms. The summed E-state index contributed by atoms with van der Waals surface area (Å²) in [6.07, 6.45) is 22.3. The Hall–Kier alpha value is -2.14. The normalized spacial score (nSPS) is 27.5. The van der Waals surface area contributed by atoms with Gasteiger partial charge in [-0.05, 0) is 138 Å². The van der Waals surface area contributed by atoms with E-state index in [-0.39, 0.29) is 25.7 Å². The number of aliphatic hydroxyl groups excluding tert-OH is 1. The number of ether oxygens (including phenoxy) is 2. The molecule has 1 aromatic carbocycles. The summed E-state index contributed by atoms with van der Waals surface area (Å²) >= 11 is 0. The molecule has 3 aliphatic carbocycles. The van der Waals surface area contributed by atoms with E-state index < -0.39 is 17.4 Å². The van der Waals surface area contributed by atoms with Gasteiger partial charge in [-0.1, -0.05) is 76.3 Å². The zero-order valence-electron chi connectivity index (χ0n) is 30.3. The fraction of sp³-hybridized carbons (Fsp3) is 0.762. The summed E-state index contributed by atoms with van der Waals surface area (Å²) in [6, 6.07) is 9.86. The van der Waals surface area contributed by atoms with Gasteiger partial charge in [-0.2, -0.15) is 0 Å². The lowest BCUT2D eigenvalue weighted by molar-refractivity contribution is -0.158. The van der Waals surface area contributed by atoms with Gasteiger partial charge >= 0.3 is 11.9 Å². The van der Waals surface area contributed by atoms with E-state index in [1.165, 1.54) is 103 Å². The van der Waals surface area contributed by atoms with E-state index in [1.807, 2.05) is 0 Å². The Kier molecular flexibility index (Phi) is 14.9. The smallest absolute Gasteiger partial charge is 0.333 e. The summed E-state index contributed by atoms with van der Waals surface area (Å²) in [5.41, 5.74) is 2.58. The van der Waals surface area contributed by atoms with E-state index >= 15 is 0 Å². The summed E-state index contributed by atoms with van der Waals surface area (Å²) in [5.74, 6) is 3.80. The second-order valence-electron chi connectivity index (χ2n) is 16.4. The maximum absolute atomic E-state index is 12.5. The molecule has 0 spiro atoms. The predicted octanol–water partition coefficient (Wildman–Crippen LogP) is 10.3. The predicted molar refractivity (Wildman–Crippen MR) is 191 cm³/mol. The summed E-state index contributed by atoms with van der Waals surface area (Å²) in [4.78, 5) is 24.6. The topological polar surface area (TPSA) is 72.8 Å². The Balaban J connectivity index is 1.19. The second kappa shape index (κ2) is 18.6. The highest BCUT2D eigenvalue weighted by Gasteiger charge is 2.34. The van der Waals surface area contributed by atoms with Gasteiger partial charge in [0.2, 0.25) is 0 Å². The van der Waals surface area contributed by atoms with Crippen molar-refractivity contribution in [2.45, 2.75) is 149 Å². The van der Waals surface area contributed by atoms with Gasteiger partial charge in [-0.15, -0.1) is 0 Å². The number of hydrogen-bond donors (Lipinski definition) is 1. The second-order valence-corrected chi connectivity index (χ2v) is 16.4. The lowest BCUT2D eigenvalue weighted by atomic mass is 9.67. The molecule has 0 heterocycles. The summed E-state index contributed by atoms with van der Waals surface area (Å²) in [6.45, 7) is 11.2. The van der Waals surface area contributed by atoms with Crippen LogP contribution in [0.1, 0.15) is 160 Å². The van der Waals surface area contributed by atoms with Crippen LogP contribution in [0.2, 0.25) is 0 Å². The quantitative estimate of drug-likeness (QED) is 0.109. The summed E-state index contributed by atoms with van der Waals surface area (Å²) < 4.78 is 11.1. The first-order valence-electron chi connectivity index (χ1n) is 19.3. The molecule has 0 radical (unpaired) electrons. The van der Waals surface area contributed by atoms with E-state index in [9.17, 15) is 14.7 Å². The van der Waals surface area contributed by atoms with Crippen LogP contribution in [0, 0.1) is 35.0 Å². The Morgan fingerprint density at radius 1 is 0.787 bits per heavy atom. The van der Waals surface area contributed by atoms with Crippen LogP contribution in [0.5, 0.6) is 0 Å². The molecule has 264 valence electrons. The van der Waals surface area contributed by atoms with Crippen LogP contribution in [0.15, 0.2) is 36.4 Å². The molecular formula is C42H66O5. The number of carbonyl (C=O) groups is 2. The van der Waals surface area contributed by atoms with Crippen molar-refractivity contribution in [3.05, 3.63) is 47.5 Å². The highest BCUT2D eigenvalue weighted by molar-refractivity contribution is 5.86. The molecule has 1 N–H and O–H groups in total.